The van der Waals surface area contributed by atoms with Crippen LogP contribution in [0.4, 0.5) is 0 Å². The van der Waals surface area contributed by atoms with Crippen LogP contribution in [0.1, 0.15) is 5.56 Å². The lowest BCUT2D eigenvalue weighted by molar-refractivity contribution is 0.127. The molecule has 0 radical (unpaired) electrons. The summed E-state index contributed by atoms with van der Waals surface area (Å²) < 4.78 is 0. The van der Waals surface area contributed by atoms with Gasteiger partial charge in [0.05, 0.1) is 6.10 Å². The van der Waals surface area contributed by atoms with E-state index in [4.69, 9.17) is 0 Å². The van der Waals surface area contributed by atoms with Crippen molar-refractivity contribution >= 4 is 10.8 Å². The molecule has 1 atom stereocenters. The highest BCUT2D eigenvalue weighted by molar-refractivity contribution is 5.94. The monoisotopic (exact) mass is 334 g/mol. The molecular formula is C20H22N4O. The number of rotatable bonds is 3. The molecule has 128 valence electrons. The minimum absolute atomic E-state index is 0.321. The first kappa shape index (κ1) is 16.1. The first-order valence-corrected chi connectivity index (χ1v) is 8.70. The molecule has 0 amide bonds. The second-order valence-electron chi connectivity index (χ2n) is 6.53. The van der Waals surface area contributed by atoms with Crippen molar-refractivity contribution < 1.29 is 5.11 Å². The van der Waals surface area contributed by atoms with E-state index < -0.39 is 0 Å². The van der Waals surface area contributed by atoms with E-state index in [0.29, 0.717) is 13.1 Å². The average molecular weight is 334 g/mol. The molecule has 5 nitrogen and oxygen atoms in total. The molecule has 3 aromatic rings. The van der Waals surface area contributed by atoms with Crippen LogP contribution in [0.2, 0.25) is 0 Å². The molecule has 1 aliphatic rings. The molecule has 0 spiro atoms. The SMILES string of the molecule is O[C@@H]1CNCCN(Cc2cnc(-c3cccc4ccccc34)nc2)C1. The van der Waals surface area contributed by atoms with Crippen molar-refractivity contribution in [3.05, 3.63) is 60.4 Å². The van der Waals surface area contributed by atoms with Gasteiger partial charge in [0.15, 0.2) is 5.82 Å². The fourth-order valence-electron chi connectivity index (χ4n) is 3.36. The third-order valence-electron chi connectivity index (χ3n) is 4.60. The maximum absolute atomic E-state index is 9.90. The van der Waals surface area contributed by atoms with Crippen molar-refractivity contribution in [2.75, 3.05) is 26.2 Å². The van der Waals surface area contributed by atoms with Crippen LogP contribution in [0.5, 0.6) is 0 Å². The van der Waals surface area contributed by atoms with E-state index in [1.165, 1.54) is 10.8 Å². The number of hydrogen-bond donors (Lipinski definition) is 2. The zero-order valence-corrected chi connectivity index (χ0v) is 14.1. The summed E-state index contributed by atoms with van der Waals surface area (Å²) >= 11 is 0. The molecule has 1 saturated heterocycles. The van der Waals surface area contributed by atoms with E-state index in [1.54, 1.807) is 0 Å². The molecule has 0 unspecified atom stereocenters. The fraction of sp³-hybridized carbons (Fsp3) is 0.300. The van der Waals surface area contributed by atoms with Gasteiger partial charge < -0.3 is 10.4 Å². The second-order valence-corrected chi connectivity index (χ2v) is 6.53. The Hall–Kier alpha value is -2.34. The number of aromatic nitrogens is 2. The van der Waals surface area contributed by atoms with E-state index in [9.17, 15) is 5.11 Å². The van der Waals surface area contributed by atoms with Gasteiger partial charge in [-0.1, -0.05) is 42.5 Å². The Labute approximate surface area is 147 Å². The van der Waals surface area contributed by atoms with Crippen molar-refractivity contribution in [2.45, 2.75) is 12.6 Å². The van der Waals surface area contributed by atoms with E-state index in [-0.39, 0.29) is 6.10 Å². The third-order valence-corrected chi connectivity index (χ3v) is 4.60. The van der Waals surface area contributed by atoms with Crippen LogP contribution >= 0.6 is 0 Å². The molecule has 4 rings (SSSR count). The van der Waals surface area contributed by atoms with Crippen LogP contribution in [0.3, 0.4) is 0 Å². The standard InChI is InChI=1S/C20H22N4O/c25-17-12-21-8-9-24(14-17)13-15-10-22-20(23-11-15)19-7-3-5-16-4-1-2-6-18(16)19/h1-7,10-11,17,21,25H,8-9,12-14H2/t17-/m1/s1. The van der Waals surface area contributed by atoms with Crippen molar-refractivity contribution in [3.8, 4) is 11.4 Å². The molecule has 1 fully saturated rings. The van der Waals surface area contributed by atoms with Crippen molar-refractivity contribution in [1.29, 1.82) is 0 Å². The average Bonchev–Trinajstić information content (AvgIpc) is 2.86. The van der Waals surface area contributed by atoms with Gasteiger partial charge >= 0.3 is 0 Å². The lowest BCUT2D eigenvalue weighted by Gasteiger charge is -2.21. The smallest absolute Gasteiger partial charge is 0.159 e. The topological polar surface area (TPSA) is 61.3 Å². The molecule has 2 heterocycles. The fourth-order valence-corrected chi connectivity index (χ4v) is 3.36. The molecule has 0 saturated carbocycles. The highest BCUT2D eigenvalue weighted by Crippen LogP contribution is 2.25. The van der Waals surface area contributed by atoms with Crippen LogP contribution in [-0.2, 0) is 6.54 Å². The number of nitrogens with one attached hydrogen (secondary N) is 1. The van der Waals surface area contributed by atoms with E-state index in [1.807, 2.05) is 30.6 Å². The lowest BCUT2D eigenvalue weighted by Crippen LogP contribution is -2.32. The number of nitrogens with zero attached hydrogens (tertiary/aromatic N) is 3. The van der Waals surface area contributed by atoms with Gasteiger partial charge in [0.2, 0.25) is 0 Å². The van der Waals surface area contributed by atoms with Gasteiger partial charge in [-0.3, -0.25) is 4.90 Å². The molecule has 1 aromatic heterocycles. The summed E-state index contributed by atoms with van der Waals surface area (Å²) in [5, 5.41) is 15.5. The second kappa shape index (κ2) is 7.27. The van der Waals surface area contributed by atoms with Gasteiger partial charge in [-0.25, -0.2) is 9.97 Å². The zero-order chi connectivity index (χ0) is 17.1. The lowest BCUT2D eigenvalue weighted by atomic mass is 10.0. The largest absolute Gasteiger partial charge is 0.390 e. The first-order chi connectivity index (χ1) is 12.3. The Kier molecular flexibility index (Phi) is 4.70. The minimum Gasteiger partial charge on any atom is -0.390 e. The van der Waals surface area contributed by atoms with Gasteiger partial charge in [-0.2, -0.15) is 0 Å². The number of hydrogen-bond acceptors (Lipinski definition) is 5. The zero-order valence-electron chi connectivity index (χ0n) is 14.1. The number of β-amino-alcohol motifs (C(OH)–C–C–N with tert-alkyl or cyclic N) is 1. The summed E-state index contributed by atoms with van der Waals surface area (Å²) in [7, 11) is 0. The molecular weight excluding hydrogens is 312 g/mol. The van der Waals surface area contributed by atoms with Crippen LogP contribution in [0.15, 0.2) is 54.9 Å². The van der Waals surface area contributed by atoms with E-state index >= 15 is 0 Å². The molecule has 5 heteroatoms. The van der Waals surface area contributed by atoms with Crippen LogP contribution in [-0.4, -0.2) is 52.3 Å². The van der Waals surface area contributed by atoms with Gasteiger partial charge in [-0.05, 0) is 10.8 Å². The van der Waals surface area contributed by atoms with Crippen LogP contribution in [0.25, 0.3) is 22.2 Å². The first-order valence-electron chi connectivity index (χ1n) is 8.70. The van der Waals surface area contributed by atoms with Gasteiger partial charge in [0.25, 0.3) is 0 Å². The van der Waals surface area contributed by atoms with E-state index in [2.05, 4.69) is 44.5 Å². The Morgan fingerprint density at radius 2 is 1.88 bits per heavy atom. The molecule has 0 aliphatic carbocycles. The van der Waals surface area contributed by atoms with Crippen molar-refractivity contribution in [2.24, 2.45) is 0 Å². The quantitative estimate of drug-likeness (QED) is 0.768. The predicted molar refractivity (Wildman–Crippen MR) is 99.1 cm³/mol. The molecule has 0 bridgehead atoms. The Bertz CT molecular complexity index is 844. The number of aliphatic hydroxyl groups is 1. The van der Waals surface area contributed by atoms with Gasteiger partial charge in [0.1, 0.15) is 0 Å². The number of fused-ring (bicyclic) bond motifs is 1. The van der Waals surface area contributed by atoms with Crippen LogP contribution in [0, 0.1) is 0 Å². The summed E-state index contributed by atoms with van der Waals surface area (Å²) in [4.78, 5) is 11.4. The molecule has 2 N–H and O–H groups in total. The predicted octanol–water partition coefficient (Wildman–Crippen LogP) is 2.06. The minimum atomic E-state index is -0.321. The molecule has 25 heavy (non-hydrogen) atoms. The summed E-state index contributed by atoms with van der Waals surface area (Å²) in [6, 6.07) is 14.5. The number of aliphatic hydroxyl groups excluding tert-OH is 1. The summed E-state index contributed by atoms with van der Waals surface area (Å²) in [5.41, 5.74) is 2.12. The molecule has 1 aliphatic heterocycles. The van der Waals surface area contributed by atoms with Crippen molar-refractivity contribution in [1.82, 2.24) is 20.2 Å². The van der Waals surface area contributed by atoms with Crippen molar-refractivity contribution in [3.63, 3.8) is 0 Å². The third kappa shape index (κ3) is 3.69. The Morgan fingerprint density at radius 1 is 1.08 bits per heavy atom. The van der Waals surface area contributed by atoms with Crippen LogP contribution < -0.4 is 5.32 Å². The maximum atomic E-state index is 9.90. The highest BCUT2D eigenvalue weighted by atomic mass is 16.3. The summed E-state index contributed by atoms with van der Waals surface area (Å²) in [6.45, 7) is 3.91. The number of benzene rings is 2. The summed E-state index contributed by atoms with van der Waals surface area (Å²) in [5.74, 6) is 0.748. The highest BCUT2D eigenvalue weighted by Gasteiger charge is 2.16. The normalized spacial score (nSPS) is 19.0. The molecule has 2 aromatic carbocycles. The Morgan fingerprint density at radius 3 is 2.76 bits per heavy atom. The van der Waals surface area contributed by atoms with Gasteiger partial charge in [0, 0.05) is 56.2 Å². The van der Waals surface area contributed by atoms with E-state index in [0.717, 1.165) is 36.6 Å². The summed E-state index contributed by atoms with van der Waals surface area (Å²) in [6.07, 6.45) is 3.47. The Balaban J connectivity index is 1.55. The van der Waals surface area contributed by atoms with Gasteiger partial charge in [-0.15, -0.1) is 0 Å². The maximum Gasteiger partial charge on any atom is 0.159 e.